The molecule has 160 valence electrons. The first-order chi connectivity index (χ1) is 15.0. The van der Waals surface area contributed by atoms with E-state index in [4.69, 9.17) is 17.3 Å². The number of rotatable bonds is 5. The lowest BCUT2D eigenvalue weighted by molar-refractivity contribution is 0.0999. The number of piperazine rings is 1. The second-order valence-electron chi connectivity index (χ2n) is 7.13. The maximum atomic E-state index is 13.4. The van der Waals surface area contributed by atoms with E-state index in [1.165, 1.54) is 4.57 Å². The van der Waals surface area contributed by atoms with Gasteiger partial charge in [-0.3, -0.25) is 13.9 Å². The van der Waals surface area contributed by atoms with Crippen LogP contribution in [0.4, 0.5) is 5.82 Å². The van der Waals surface area contributed by atoms with E-state index in [9.17, 15) is 9.59 Å². The van der Waals surface area contributed by atoms with Gasteiger partial charge < -0.3 is 16.0 Å². The lowest BCUT2D eigenvalue weighted by atomic mass is 10.1. The van der Waals surface area contributed by atoms with Crippen molar-refractivity contribution >= 4 is 34.5 Å². The van der Waals surface area contributed by atoms with E-state index < -0.39 is 5.91 Å². The van der Waals surface area contributed by atoms with Crippen molar-refractivity contribution in [2.24, 2.45) is 5.73 Å². The minimum atomic E-state index is -0.557. The molecule has 0 spiro atoms. The molecule has 0 unspecified atom stereocenters. The van der Waals surface area contributed by atoms with Crippen LogP contribution in [0.1, 0.15) is 22.8 Å². The summed E-state index contributed by atoms with van der Waals surface area (Å²) in [5, 5.41) is 3.36. The van der Waals surface area contributed by atoms with E-state index in [1.54, 1.807) is 35.8 Å². The van der Waals surface area contributed by atoms with Gasteiger partial charge in [0, 0.05) is 31.7 Å². The zero-order valence-electron chi connectivity index (χ0n) is 17.1. The van der Waals surface area contributed by atoms with Crippen LogP contribution in [0.25, 0.3) is 11.2 Å². The van der Waals surface area contributed by atoms with E-state index in [2.05, 4.69) is 32.0 Å². The number of imidazole rings is 1. The Morgan fingerprint density at radius 1 is 1.23 bits per heavy atom. The van der Waals surface area contributed by atoms with Gasteiger partial charge in [0.25, 0.3) is 0 Å². The number of amides is 1. The highest BCUT2D eigenvalue weighted by molar-refractivity contribution is 6.28. The maximum absolute atomic E-state index is 13.4. The lowest BCUT2D eigenvalue weighted by Gasteiger charge is -2.28. The van der Waals surface area contributed by atoms with Crippen LogP contribution in [0.15, 0.2) is 29.1 Å². The fourth-order valence-corrected chi connectivity index (χ4v) is 3.94. The number of anilines is 1. The molecule has 3 heterocycles. The number of carbonyl (C=O) groups is 1. The summed E-state index contributed by atoms with van der Waals surface area (Å²) in [5.41, 5.74) is 7.18. The predicted molar refractivity (Wildman–Crippen MR) is 119 cm³/mol. The number of fused-ring (bicyclic) bond motifs is 1. The molecule has 1 saturated heterocycles. The van der Waals surface area contributed by atoms with Crippen LogP contribution in [0, 0.1) is 11.8 Å². The van der Waals surface area contributed by atoms with E-state index in [0.717, 1.165) is 26.2 Å². The van der Waals surface area contributed by atoms with Gasteiger partial charge in [-0.05, 0) is 30.2 Å². The fraction of sp³-hybridized carbons (Fsp3) is 0.333. The highest BCUT2D eigenvalue weighted by Crippen LogP contribution is 2.26. The number of nitrogens with one attached hydrogen (secondary N) is 1. The molecule has 3 N–H and O–H groups in total. The van der Waals surface area contributed by atoms with E-state index in [-0.39, 0.29) is 24.1 Å². The van der Waals surface area contributed by atoms with Gasteiger partial charge in [0.05, 0.1) is 13.1 Å². The Morgan fingerprint density at radius 2 is 1.97 bits per heavy atom. The molecule has 1 fully saturated rings. The lowest BCUT2D eigenvalue weighted by Crippen LogP contribution is -2.44. The van der Waals surface area contributed by atoms with Gasteiger partial charge in [0.2, 0.25) is 11.2 Å². The van der Waals surface area contributed by atoms with Crippen molar-refractivity contribution in [2.75, 3.05) is 31.1 Å². The molecule has 2 aromatic heterocycles. The average Bonchev–Trinajstić information content (AvgIpc) is 3.03. The van der Waals surface area contributed by atoms with Gasteiger partial charge in [-0.1, -0.05) is 24.1 Å². The van der Waals surface area contributed by atoms with E-state index in [0.29, 0.717) is 28.1 Å². The number of primary amides is 1. The van der Waals surface area contributed by atoms with Crippen molar-refractivity contribution in [3.8, 4) is 11.8 Å². The van der Waals surface area contributed by atoms with E-state index in [1.807, 2.05) is 0 Å². The van der Waals surface area contributed by atoms with Crippen LogP contribution in [0.3, 0.4) is 0 Å². The van der Waals surface area contributed by atoms with Crippen LogP contribution in [-0.2, 0) is 13.1 Å². The Balaban J connectivity index is 1.95. The molecular formula is C21H22ClN7O2. The minimum Gasteiger partial charge on any atom is -0.366 e. The number of hydrogen-bond donors (Lipinski definition) is 2. The second-order valence-corrected chi connectivity index (χ2v) is 7.47. The van der Waals surface area contributed by atoms with Crippen LogP contribution in [-0.4, -0.2) is 51.2 Å². The maximum Gasteiger partial charge on any atom is 0.331 e. The van der Waals surface area contributed by atoms with Gasteiger partial charge in [-0.15, -0.1) is 5.92 Å². The number of benzene rings is 1. The number of aromatic nitrogens is 4. The summed E-state index contributed by atoms with van der Waals surface area (Å²) in [6.45, 7) is 5.09. The smallest absolute Gasteiger partial charge is 0.331 e. The zero-order chi connectivity index (χ0) is 22.0. The molecule has 3 aromatic rings. The molecule has 10 heteroatoms. The van der Waals surface area contributed by atoms with Gasteiger partial charge in [0.15, 0.2) is 11.5 Å². The molecule has 0 bridgehead atoms. The summed E-state index contributed by atoms with van der Waals surface area (Å²) in [6.07, 6.45) is 0. The Morgan fingerprint density at radius 3 is 2.68 bits per heavy atom. The topological polar surface area (TPSA) is 111 Å². The van der Waals surface area contributed by atoms with Gasteiger partial charge in [0.1, 0.15) is 5.52 Å². The molecule has 9 nitrogen and oxygen atoms in total. The summed E-state index contributed by atoms with van der Waals surface area (Å²) in [5.74, 6) is 5.83. The average molecular weight is 440 g/mol. The van der Waals surface area contributed by atoms with Crippen molar-refractivity contribution in [3.63, 3.8) is 0 Å². The monoisotopic (exact) mass is 439 g/mol. The fourth-order valence-electron chi connectivity index (χ4n) is 3.78. The molecule has 31 heavy (non-hydrogen) atoms. The highest BCUT2D eigenvalue weighted by atomic mass is 35.5. The largest absolute Gasteiger partial charge is 0.366 e. The third-order valence-electron chi connectivity index (χ3n) is 5.25. The molecule has 0 atom stereocenters. The van der Waals surface area contributed by atoms with Crippen molar-refractivity contribution in [3.05, 3.63) is 51.2 Å². The highest BCUT2D eigenvalue weighted by Gasteiger charge is 2.24. The summed E-state index contributed by atoms with van der Waals surface area (Å²) < 4.78 is 3.06. The van der Waals surface area contributed by atoms with Crippen LogP contribution in [0.5, 0.6) is 0 Å². The summed E-state index contributed by atoms with van der Waals surface area (Å²) in [4.78, 5) is 36.2. The number of nitrogens with two attached hydrogens (primary N) is 1. The normalized spacial score (nSPS) is 13.8. The van der Waals surface area contributed by atoms with Crippen LogP contribution in [0.2, 0.25) is 5.28 Å². The van der Waals surface area contributed by atoms with E-state index >= 15 is 0 Å². The standard InChI is InChI=1S/C21H22ClN7O2/c1-2-3-10-28-16-18(27-11-8-24-9-12-27)25-20(22)26-19(16)29(21(28)31)13-14-6-4-5-7-15(14)17(23)30/h4-7,24H,8-13H2,1H3,(H2,23,30). The molecule has 1 amide bonds. The Kier molecular flexibility index (Phi) is 5.93. The molecule has 1 aromatic carbocycles. The van der Waals surface area contributed by atoms with Crippen LogP contribution < -0.4 is 21.6 Å². The molecule has 0 saturated carbocycles. The van der Waals surface area contributed by atoms with Gasteiger partial charge in [-0.25, -0.2) is 4.79 Å². The first kappa shape index (κ1) is 20.9. The number of halogens is 1. The number of carbonyl (C=O) groups excluding carboxylic acids is 1. The minimum absolute atomic E-state index is 0.0525. The molecule has 0 aliphatic carbocycles. The van der Waals surface area contributed by atoms with Crippen molar-refractivity contribution in [1.29, 1.82) is 0 Å². The summed E-state index contributed by atoms with van der Waals surface area (Å²) in [6, 6.07) is 6.93. The third kappa shape index (κ3) is 4.00. The molecular weight excluding hydrogens is 418 g/mol. The van der Waals surface area contributed by atoms with Crippen molar-refractivity contribution < 1.29 is 4.79 Å². The molecule has 0 radical (unpaired) electrons. The van der Waals surface area contributed by atoms with Crippen LogP contribution >= 0.6 is 11.6 Å². The zero-order valence-corrected chi connectivity index (χ0v) is 17.8. The van der Waals surface area contributed by atoms with Crippen molar-refractivity contribution in [2.45, 2.75) is 20.0 Å². The van der Waals surface area contributed by atoms with Gasteiger partial charge in [-0.2, -0.15) is 9.97 Å². The Bertz CT molecular complexity index is 1260. The molecule has 1 aliphatic heterocycles. The Labute approximate surface area is 183 Å². The van der Waals surface area contributed by atoms with Crippen molar-refractivity contribution in [1.82, 2.24) is 24.4 Å². The molecule has 4 rings (SSSR count). The second kappa shape index (κ2) is 8.79. The third-order valence-corrected chi connectivity index (χ3v) is 5.42. The predicted octanol–water partition coefficient (Wildman–Crippen LogP) is 0.826. The quantitative estimate of drug-likeness (QED) is 0.450. The number of hydrogen-bond acceptors (Lipinski definition) is 6. The number of nitrogens with zero attached hydrogens (tertiary/aromatic N) is 5. The summed E-state index contributed by atoms with van der Waals surface area (Å²) >= 11 is 6.27. The molecule has 1 aliphatic rings. The first-order valence-electron chi connectivity index (χ1n) is 9.90. The van der Waals surface area contributed by atoms with Gasteiger partial charge >= 0.3 is 5.69 Å². The first-order valence-corrected chi connectivity index (χ1v) is 10.3. The summed E-state index contributed by atoms with van der Waals surface area (Å²) in [7, 11) is 0. The Hall–Kier alpha value is -3.35. The SMILES string of the molecule is CC#CCn1c(=O)n(Cc2ccccc2C(N)=O)c2nc(Cl)nc(N3CCNCC3)c21.